The van der Waals surface area contributed by atoms with E-state index in [0.29, 0.717) is 13.0 Å². The van der Waals surface area contributed by atoms with Gasteiger partial charge in [0.15, 0.2) is 0 Å². The molecule has 1 aromatic heterocycles. The second kappa shape index (κ2) is 9.18. The molecule has 3 aromatic carbocycles. The van der Waals surface area contributed by atoms with Crippen molar-refractivity contribution in [2.75, 3.05) is 13.1 Å². The van der Waals surface area contributed by atoms with E-state index < -0.39 is 11.6 Å². The molecule has 5 rings (SSSR count). The molecule has 1 N–H and O–H groups in total. The number of aryl methyl sites for hydroxylation is 1. The average molecular weight is 436 g/mol. The molecule has 0 spiro atoms. The van der Waals surface area contributed by atoms with Crippen LogP contribution < -0.4 is 0 Å². The topological polar surface area (TPSA) is 41.3 Å². The lowest BCUT2D eigenvalue weighted by molar-refractivity contribution is 0.0871. The number of hydrogen-bond acceptors (Lipinski definition) is 3. The first-order valence-corrected chi connectivity index (χ1v) is 11.5. The van der Waals surface area contributed by atoms with Crippen molar-refractivity contribution in [3.63, 3.8) is 0 Å². The van der Waals surface area contributed by atoms with Crippen molar-refractivity contribution in [3.8, 4) is 0 Å². The molecule has 1 saturated heterocycles. The van der Waals surface area contributed by atoms with Gasteiger partial charge in [0, 0.05) is 26.3 Å². The third kappa shape index (κ3) is 3.92. The summed E-state index contributed by atoms with van der Waals surface area (Å²) in [5.74, 6) is 0. The van der Waals surface area contributed by atoms with E-state index in [2.05, 4.69) is 107 Å². The van der Waals surface area contributed by atoms with Gasteiger partial charge in [-0.2, -0.15) is 5.10 Å². The highest BCUT2D eigenvalue weighted by atomic mass is 16.3. The van der Waals surface area contributed by atoms with Crippen molar-refractivity contribution in [1.29, 1.82) is 0 Å². The molecule has 0 aliphatic carbocycles. The summed E-state index contributed by atoms with van der Waals surface area (Å²) in [6, 6.07) is 34.2. The van der Waals surface area contributed by atoms with E-state index in [1.165, 1.54) is 16.7 Å². The molecule has 0 radical (unpaired) electrons. The predicted molar refractivity (Wildman–Crippen MR) is 133 cm³/mol. The SMILES string of the molecule is Cn1nccc1/C=C1/CN(C(c2ccccc2)(c2ccccc2)c2ccccc2)CCC1O. The molecule has 1 aliphatic rings. The Bertz CT molecular complexity index is 1120. The van der Waals surface area contributed by atoms with Gasteiger partial charge in [-0.1, -0.05) is 91.0 Å². The lowest BCUT2D eigenvalue weighted by Gasteiger charge is -2.48. The largest absolute Gasteiger partial charge is 0.389 e. The summed E-state index contributed by atoms with van der Waals surface area (Å²) >= 11 is 0. The van der Waals surface area contributed by atoms with Gasteiger partial charge in [0.05, 0.1) is 17.3 Å². The maximum Gasteiger partial charge on any atom is 0.0975 e. The van der Waals surface area contributed by atoms with Crippen LogP contribution in [0.15, 0.2) is 109 Å². The van der Waals surface area contributed by atoms with Gasteiger partial charge in [0.25, 0.3) is 0 Å². The van der Waals surface area contributed by atoms with Gasteiger partial charge in [-0.25, -0.2) is 0 Å². The van der Waals surface area contributed by atoms with Crippen molar-refractivity contribution in [3.05, 3.63) is 131 Å². The Hall–Kier alpha value is -3.47. The van der Waals surface area contributed by atoms with Crippen LogP contribution in [0.4, 0.5) is 0 Å². The van der Waals surface area contributed by atoms with Gasteiger partial charge in [0.1, 0.15) is 0 Å². The number of aromatic nitrogens is 2. The third-order valence-electron chi connectivity index (χ3n) is 6.72. The van der Waals surface area contributed by atoms with E-state index in [0.717, 1.165) is 17.8 Å². The monoisotopic (exact) mass is 435 g/mol. The first-order chi connectivity index (χ1) is 16.2. The van der Waals surface area contributed by atoms with Crippen molar-refractivity contribution in [1.82, 2.24) is 14.7 Å². The summed E-state index contributed by atoms with van der Waals surface area (Å²) in [7, 11) is 1.93. The summed E-state index contributed by atoms with van der Waals surface area (Å²) in [5, 5.41) is 15.2. The van der Waals surface area contributed by atoms with Crippen molar-refractivity contribution < 1.29 is 5.11 Å². The van der Waals surface area contributed by atoms with Crippen molar-refractivity contribution >= 4 is 6.08 Å². The quantitative estimate of drug-likeness (QED) is 0.455. The first-order valence-electron chi connectivity index (χ1n) is 11.5. The van der Waals surface area contributed by atoms with Crippen LogP contribution in [0.2, 0.25) is 0 Å². The predicted octanol–water partition coefficient (Wildman–Crippen LogP) is 4.86. The van der Waals surface area contributed by atoms with E-state index in [1.54, 1.807) is 6.20 Å². The average Bonchev–Trinajstić information content (AvgIpc) is 3.28. The molecule has 1 atom stereocenters. The molecule has 4 aromatic rings. The number of aliphatic hydroxyl groups is 1. The maximum absolute atomic E-state index is 10.9. The molecule has 166 valence electrons. The summed E-state index contributed by atoms with van der Waals surface area (Å²) in [6.07, 6.45) is 4.10. The van der Waals surface area contributed by atoms with Gasteiger partial charge in [-0.05, 0) is 40.8 Å². The molecule has 4 nitrogen and oxygen atoms in total. The lowest BCUT2D eigenvalue weighted by Crippen LogP contribution is -2.52. The number of piperidine rings is 1. The molecule has 2 heterocycles. The normalized spacial score (nSPS) is 18.5. The summed E-state index contributed by atoms with van der Waals surface area (Å²) in [4.78, 5) is 2.52. The minimum atomic E-state index is -0.477. The number of likely N-dealkylation sites (tertiary alicyclic amines) is 1. The van der Waals surface area contributed by atoms with Crippen LogP contribution in [0, 0.1) is 0 Å². The van der Waals surface area contributed by atoms with Crippen molar-refractivity contribution in [2.24, 2.45) is 7.05 Å². The van der Waals surface area contributed by atoms with E-state index in [1.807, 2.05) is 17.8 Å². The van der Waals surface area contributed by atoms with Crippen LogP contribution in [-0.4, -0.2) is 39.0 Å². The molecule has 1 fully saturated rings. The molecule has 0 saturated carbocycles. The van der Waals surface area contributed by atoms with Crippen LogP contribution in [-0.2, 0) is 12.6 Å². The lowest BCUT2D eigenvalue weighted by atomic mass is 9.74. The fourth-order valence-electron chi connectivity index (χ4n) is 5.10. The molecule has 33 heavy (non-hydrogen) atoms. The third-order valence-corrected chi connectivity index (χ3v) is 6.72. The molecular weight excluding hydrogens is 406 g/mol. The van der Waals surface area contributed by atoms with E-state index in [-0.39, 0.29) is 0 Å². The number of hydrogen-bond donors (Lipinski definition) is 1. The molecular formula is C29H29N3O. The highest BCUT2D eigenvalue weighted by Gasteiger charge is 2.44. The molecule has 0 amide bonds. The zero-order chi connectivity index (χ0) is 22.7. The maximum atomic E-state index is 10.9. The van der Waals surface area contributed by atoms with E-state index >= 15 is 0 Å². The Morgan fingerprint density at radius 2 is 1.33 bits per heavy atom. The standard InChI is InChI=1S/C29H29N3O/c1-31-27(17-19-30-31)21-23-22-32(20-18-28(23)33)29(24-11-5-2-6-12-24,25-13-7-3-8-14-25)26-15-9-4-10-16-26/h2-17,19,21,28,33H,18,20,22H2,1H3/b23-21-. The second-order valence-electron chi connectivity index (χ2n) is 8.63. The van der Waals surface area contributed by atoms with E-state index in [4.69, 9.17) is 0 Å². The van der Waals surface area contributed by atoms with Crippen LogP contribution in [0.5, 0.6) is 0 Å². The fraction of sp³-hybridized carbons (Fsp3) is 0.207. The first kappa shape index (κ1) is 21.4. The molecule has 1 aliphatic heterocycles. The van der Waals surface area contributed by atoms with Gasteiger partial charge >= 0.3 is 0 Å². The highest BCUT2D eigenvalue weighted by molar-refractivity contribution is 5.54. The molecule has 4 heteroatoms. The van der Waals surface area contributed by atoms with E-state index in [9.17, 15) is 5.11 Å². The van der Waals surface area contributed by atoms with Crippen LogP contribution in [0.3, 0.4) is 0 Å². The number of rotatable bonds is 5. The Labute approximate surface area is 195 Å². The number of aliphatic hydroxyl groups excluding tert-OH is 1. The minimum absolute atomic E-state index is 0.462. The summed E-state index contributed by atoms with van der Waals surface area (Å²) in [6.45, 7) is 1.44. The summed E-state index contributed by atoms with van der Waals surface area (Å²) in [5.41, 5.74) is 5.19. The van der Waals surface area contributed by atoms with Crippen LogP contribution >= 0.6 is 0 Å². The minimum Gasteiger partial charge on any atom is -0.389 e. The van der Waals surface area contributed by atoms with Crippen LogP contribution in [0.25, 0.3) is 6.08 Å². The van der Waals surface area contributed by atoms with Gasteiger partial charge in [0.2, 0.25) is 0 Å². The number of nitrogens with zero attached hydrogens (tertiary/aromatic N) is 3. The Morgan fingerprint density at radius 3 is 1.79 bits per heavy atom. The molecule has 1 unspecified atom stereocenters. The highest BCUT2D eigenvalue weighted by Crippen LogP contribution is 2.44. The van der Waals surface area contributed by atoms with Gasteiger partial charge < -0.3 is 5.11 Å². The van der Waals surface area contributed by atoms with Crippen molar-refractivity contribution in [2.45, 2.75) is 18.1 Å². The Morgan fingerprint density at radius 1 is 0.818 bits per heavy atom. The second-order valence-corrected chi connectivity index (χ2v) is 8.63. The summed E-state index contributed by atoms with van der Waals surface area (Å²) < 4.78 is 1.84. The Balaban J connectivity index is 1.71. The van der Waals surface area contributed by atoms with Crippen LogP contribution in [0.1, 0.15) is 28.8 Å². The fourth-order valence-corrected chi connectivity index (χ4v) is 5.10. The van der Waals surface area contributed by atoms with Gasteiger partial charge in [-0.15, -0.1) is 0 Å². The molecule has 0 bridgehead atoms. The Kier molecular flexibility index (Phi) is 5.95. The smallest absolute Gasteiger partial charge is 0.0975 e. The zero-order valence-electron chi connectivity index (χ0n) is 18.9. The van der Waals surface area contributed by atoms with Gasteiger partial charge in [-0.3, -0.25) is 9.58 Å². The zero-order valence-corrected chi connectivity index (χ0v) is 18.9. The number of benzene rings is 3.